The van der Waals surface area contributed by atoms with E-state index in [1.807, 2.05) is 32.0 Å². The molecule has 0 aromatic heterocycles. The molecule has 2 aromatic rings. The highest BCUT2D eigenvalue weighted by Gasteiger charge is 2.34. The Labute approximate surface area is 127 Å². The van der Waals surface area contributed by atoms with Crippen LogP contribution in [0.5, 0.6) is 5.75 Å². The second-order valence-corrected chi connectivity index (χ2v) is 5.26. The van der Waals surface area contributed by atoms with E-state index in [-0.39, 0.29) is 12.4 Å². The van der Waals surface area contributed by atoms with Gasteiger partial charge in [0.1, 0.15) is 12.4 Å². The molecule has 2 N–H and O–H groups in total. The van der Waals surface area contributed by atoms with Crippen molar-refractivity contribution in [2.75, 3.05) is 6.61 Å². The van der Waals surface area contributed by atoms with Crippen LogP contribution < -0.4 is 10.5 Å². The Kier molecular flexibility index (Phi) is 4.76. The minimum atomic E-state index is -4.44. The van der Waals surface area contributed by atoms with E-state index in [2.05, 4.69) is 0 Å². The van der Waals surface area contributed by atoms with Crippen molar-refractivity contribution >= 4 is 0 Å². The van der Waals surface area contributed by atoms with E-state index in [0.717, 1.165) is 22.8 Å². The summed E-state index contributed by atoms with van der Waals surface area (Å²) < 4.78 is 44.0. The molecule has 0 amide bonds. The van der Waals surface area contributed by atoms with E-state index in [1.54, 1.807) is 0 Å². The second kappa shape index (κ2) is 6.40. The Hall–Kier alpha value is -2.01. The van der Waals surface area contributed by atoms with Gasteiger partial charge in [-0.05, 0) is 42.7 Å². The van der Waals surface area contributed by atoms with E-state index in [9.17, 15) is 13.2 Å². The number of alkyl halides is 3. The highest BCUT2D eigenvalue weighted by atomic mass is 19.4. The van der Waals surface area contributed by atoms with Crippen LogP contribution in [0.1, 0.15) is 28.3 Å². The number of hydrogen-bond donors (Lipinski definition) is 1. The molecule has 0 aliphatic rings. The van der Waals surface area contributed by atoms with Gasteiger partial charge in [0.05, 0.1) is 11.6 Å². The molecule has 5 heteroatoms. The Bertz CT molecular complexity index is 653. The summed E-state index contributed by atoms with van der Waals surface area (Å²) in [6, 6.07) is 10.4. The lowest BCUT2D eigenvalue weighted by molar-refractivity contribution is -0.139. The summed E-state index contributed by atoms with van der Waals surface area (Å²) in [5, 5.41) is 0. The van der Waals surface area contributed by atoms with Crippen molar-refractivity contribution in [2.45, 2.75) is 26.1 Å². The summed E-state index contributed by atoms with van der Waals surface area (Å²) in [5.74, 6) is -0.200. The van der Waals surface area contributed by atoms with Crippen LogP contribution in [0.4, 0.5) is 13.2 Å². The van der Waals surface area contributed by atoms with Crippen molar-refractivity contribution in [1.29, 1.82) is 0 Å². The van der Waals surface area contributed by atoms with Gasteiger partial charge in [-0.1, -0.05) is 30.3 Å². The maximum atomic E-state index is 12.9. The highest BCUT2D eigenvalue weighted by molar-refractivity contribution is 5.36. The van der Waals surface area contributed by atoms with E-state index in [0.29, 0.717) is 0 Å². The SMILES string of the molecule is Cc1ccc(C(N)COc2ccccc2C(F)(F)F)cc1C. The van der Waals surface area contributed by atoms with Crippen LogP contribution in [0.2, 0.25) is 0 Å². The third-order valence-corrected chi connectivity index (χ3v) is 3.57. The third kappa shape index (κ3) is 3.80. The van der Waals surface area contributed by atoms with Crippen LogP contribution in [0, 0.1) is 13.8 Å². The van der Waals surface area contributed by atoms with Crippen molar-refractivity contribution in [3.63, 3.8) is 0 Å². The molecule has 118 valence electrons. The number of halogens is 3. The molecule has 2 rings (SSSR count). The summed E-state index contributed by atoms with van der Waals surface area (Å²) in [4.78, 5) is 0. The zero-order chi connectivity index (χ0) is 16.3. The minimum Gasteiger partial charge on any atom is -0.491 e. The van der Waals surface area contributed by atoms with Gasteiger partial charge in [-0.25, -0.2) is 0 Å². The molecule has 0 radical (unpaired) electrons. The van der Waals surface area contributed by atoms with Gasteiger partial charge in [-0.3, -0.25) is 0 Å². The molecule has 0 bridgehead atoms. The molecule has 0 aliphatic heterocycles. The zero-order valence-electron chi connectivity index (χ0n) is 12.4. The number of ether oxygens (including phenoxy) is 1. The maximum absolute atomic E-state index is 12.9. The van der Waals surface area contributed by atoms with E-state index >= 15 is 0 Å². The minimum absolute atomic E-state index is 0.0183. The van der Waals surface area contributed by atoms with Crippen LogP contribution in [-0.2, 0) is 6.18 Å². The first-order chi connectivity index (χ1) is 10.3. The summed E-state index contributed by atoms with van der Waals surface area (Å²) >= 11 is 0. The fraction of sp³-hybridized carbons (Fsp3) is 0.294. The van der Waals surface area contributed by atoms with Crippen molar-refractivity contribution in [2.24, 2.45) is 5.73 Å². The lowest BCUT2D eigenvalue weighted by atomic mass is 10.0. The van der Waals surface area contributed by atoms with Crippen molar-refractivity contribution in [3.8, 4) is 5.75 Å². The second-order valence-electron chi connectivity index (χ2n) is 5.26. The van der Waals surface area contributed by atoms with Crippen LogP contribution in [0.15, 0.2) is 42.5 Å². The lowest BCUT2D eigenvalue weighted by Gasteiger charge is -2.17. The molecule has 0 aliphatic carbocycles. The number of nitrogens with two attached hydrogens (primary N) is 1. The molecule has 0 spiro atoms. The van der Waals surface area contributed by atoms with Gasteiger partial charge in [0.2, 0.25) is 0 Å². The standard InChI is InChI=1S/C17H18F3NO/c1-11-7-8-13(9-12(11)2)15(21)10-22-16-6-4-3-5-14(16)17(18,19)20/h3-9,15H,10,21H2,1-2H3. The average Bonchev–Trinajstić information content (AvgIpc) is 2.47. The van der Waals surface area contributed by atoms with Gasteiger partial charge in [0.25, 0.3) is 0 Å². The highest BCUT2D eigenvalue weighted by Crippen LogP contribution is 2.36. The smallest absolute Gasteiger partial charge is 0.419 e. The van der Waals surface area contributed by atoms with Gasteiger partial charge in [0, 0.05) is 0 Å². The van der Waals surface area contributed by atoms with Gasteiger partial charge in [0.15, 0.2) is 0 Å². The predicted octanol–water partition coefficient (Wildman–Crippen LogP) is 4.40. The quantitative estimate of drug-likeness (QED) is 0.908. The van der Waals surface area contributed by atoms with Gasteiger partial charge in [-0.15, -0.1) is 0 Å². The molecule has 0 heterocycles. The summed E-state index contributed by atoms with van der Waals surface area (Å²) in [6.45, 7) is 3.93. The van der Waals surface area contributed by atoms with Crippen molar-refractivity contribution < 1.29 is 17.9 Å². The molecule has 1 unspecified atom stereocenters. The number of rotatable bonds is 4. The van der Waals surface area contributed by atoms with Crippen LogP contribution in [-0.4, -0.2) is 6.61 Å². The Morgan fingerprint density at radius 1 is 1.05 bits per heavy atom. The molecule has 22 heavy (non-hydrogen) atoms. The summed E-state index contributed by atoms with van der Waals surface area (Å²) in [5.41, 5.74) is 8.29. The maximum Gasteiger partial charge on any atom is 0.419 e. The Balaban J connectivity index is 2.11. The molecule has 1 atom stereocenters. The van der Waals surface area contributed by atoms with E-state index < -0.39 is 17.8 Å². The van der Waals surface area contributed by atoms with E-state index in [1.165, 1.54) is 18.2 Å². The first-order valence-electron chi connectivity index (χ1n) is 6.91. The Morgan fingerprint density at radius 3 is 2.36 bits per heavy atom. The number of aryl methyl sites for hydroxylation is 2. The third-order valence-electron chi connectivity index (χ3n) is 3.57. The molecular formula is C17H18F3NO. The monoisotopic (exact) mass is 309 g/mol. The fourth-order valence-electron chi connectivity index (χ4n) is 2.10. The lowest BCUT2D eigenvalue weighted by Crippen LogP contribution is -2.20. The van der Waals surface area contributed by atoms with Crippen LogP contribution >= 0.6 is 0 Å². The molecule has 0 saturated heterocycles. The topological polar surface area (TPSA) is 35.2 Å². The number of para-hydroxylation sites is 1. The number of hydrogen-bond acceptors (Lipinski definition) is 2. The first kappa shape index (κ1) is 16.4. The van der Waals surface area contributed by atoms with Crippen molar-refractivity contribution in [1.82, 2.24) is 0 Å². The first-order valence-corrected chi connectivity index (χ1v) is 6.91. The fourth-order valence-corrected chi connectivity index (χ4v) is 2.10. The number of benzene rings is 2. The van der Waals surface area contributed by atoms with Gasteiger partial charge < -0.3 is 10.5 Å². The zero-order valence-corrected chi connectivity index (χ0v) is 12.4. The average molecular weight is 309 g/mol. The van der Waals surface area contributed by atoms with Gasteiger partial charge in [-0.2, -0.15) is 13.2 Å². The molecular weight excluding hydrogens is 291 g/mol. The Morgan fingerprint density at radius 2 is 1.73 bits per heavy atom. The normalized spacial score (nSPS) is 13.0. The van der Waals surface area contributed by atoms with Gasteiger partial charge >= 0.3 is 6.18 Å². The molecule has 2 aromatic carbocycles. The summed E-state index contributed by atoms with van der Waals surface area (Å²) in [6.07, 6.45) is -4.44. The summed E-state index contributed by atoms with van der Waals surface area (Å²) in [7, 11) is 0. The van der Waals surface area contributed by atoms with Crippen LogP contribution in [0.25, 0.3) is 0 Å². The van der Waals surface area contributed by atoms with E-state index in [4.69, 9.17) is 10.5 Å². The molecule has 2 nitrogen and oxygen atoms in total. The largest absolute Gasteiger partial charge is 0.491 e. The van der Waals surface area contributed by atoms with Crippen molar-refractivity contribution in [3.05, 3.63) is 64.7 Å². The molecule has 0 fully saturated rings. The molecule has 0 saturated carbocycles. The predicted molar refractivity (Wildman–Crippen MR) is 79.8 cm³/mol. The van der Waals surface area contributed by atoms with Crippen LogP contribution in [0.3, 0.4) is 0 Å².